The number of nitrogens with zero attached hydrogens (tertiary/aromatic N) is 3. The van der Waals surface area contributed by atoms with Crippen molar-refractivity contribution in [1.29, 1.82) is 0 Å². The molecular weight excluding hydrogens is 358 g/mol. The van der Waals surface area contributed by atoms with Gasteiger partial charge in [-0.2, -0.15) is 0 Å². The Morgan fingerprint density at radius 3 is 2.32 bits per heavy atom. The summed E-state index contributed by atoms with van der Waals surface area (Å²) < 4.78 is 0. The third-order valence-electron chi connectivity index (χ3n) is 5.57. The minimum atomic E-state index is -0.453. The maximum absolute atomic E-state index is 12.7. The first-order chi connectivity index (χ1) is 13.5. The van der Waals surface area contributed by atoms with Gasteiger partial charge in [0, 0.05) is 50.3 Å². The van der Waals surface area contributed by atoms with Gasteiger partial charge < -0.3 is 9.80 Å². The molecule has 0 atom stereocenters. The summed E-state index contributed by atoms with van der Waals surface area (Å²) >= 11 is 0. The van der Waals surface area contributed by atoms with Gasteiger partial charge in [0.15, 0.2) is 0 Å². The molecule has 7 nitrogen and oxygen atoms in total. The zero-order chi connectivity index (χ0) is 19.9. The molecule has 2 aliphatic rings. The number of piperidine rings is 1. The summed E-state index contributed by atoms with van der Waals surface area (Å²) in [5.74, 6) is 0.149. The van der Waals surface area contributed by atoms with Gasteiger partial charge in [-0.15, -0.1) is 0 Å². The molecule has 0 saturated carbocycles. The quantitative estimate of drug-likeness (QED) is 0.452. The van der Waals surface area contributed by atoms with Crippen LogP contribution < -0.4 is 0 Å². The number of likely N-dealkylation sites (tertiary alicyclic amines) is 2. The number of benzene rings is 1. The van der Waals surface area contributed by atoms with E-state index in [1.165, 1.54) is 31.1 Å². The Bertz CT molecular complexity index is 746. The molecule has 0 bridgehead atoms. The number of non-ortho nitro benzene ring substituents is 1. The van der Waals surface area contributed by atoms with E-state index < -0.39 is 4.92 Å². The first-order valence-electron chi connectivity index (χ1n) is 10.0. The van der Waals surface area contributed by atoms with Crippen molar-refractivity contribution in [3.05, 3.63) is 46.0 Å². The fourth-order valence-corrected chi connectivity index (χ4v) is 3.91. The monoisotopic (exact) mass is 385 g/mol. The fraction of sp³-hybridized carbons (Fsp3) is 0.524. The summed E-state index contributed by atoms with van der Waals surface area (Å²) in [6.07, 6.45) is 9.04. The van der Waals surface area contributed by atoms with E-state index >= 15 is 0 Å². The number of rotatable bonds is 4. The van der Waals surface area contributed by atoms with Crippen LogP contribution in [0, 0.1) is 16.0 Å². The van der Waals surface area contributed by atoms with Crippen molar-refractivity contribution in [1.82, 2.24) is 9.80 Å². The Labute approximate surface area is 165 Å². The van der Waals surface area contributed by atoms with E-state index in [4.69, 9.17) is 0 Å². The van der Waals surface area contributed by atoms with Gasteiger partial charge in [-0.25, -0.2) is 0 Å². The van der Waals surface area contributed by atoms with Gasteiger partial charge in [-0.05, 0) is 37.3 Å². The molecule has 0 unspecified atom stereocenters. The second kappa shape index (κ2) is 9.48. The van der Waals surface area contributed by atoms with Crippen molar-refractivity contribution in [3.8, 4) is 0 Å². The van der Waals surface area contributed by atoms with Gasteiger partial charge in [0.1, 0.15) is 0 Å². The largest absolute Gasteiger partial charge is 0.342 e. The lowest BCUT2D eigenvalue weighted by Crippen LogP contribution is -2.44. The first kappa shape index (κ1) is 20.0. The lowest BCUT2D eigenvalue weighted by molar-refractivity contribution is -0.384. The van der Waals surface area contributed by atoms with Crippen molar-refractivity contribution < 1.29 is 14.5 Å². The van der Waals surface area contributed by atoms with Crippen LogP contribution in [0.15, 0.2) is 30.3 Å². The molecule has 1 aromatic carbocycles. The first-order valence-corrected chi connectivity index (χ1v) is 10.0. The molecule has 0 aromatic heterocycles. The average Bonchev–Trinajstić information content (AvgIpc) is 3.01. The van der Waals surface area contributed by atoms with E-state index in [1.54, 1.807) is 23.1 Å². The molecule has 0 aliphatic carbocycles. The second-order valence-electron chi connectivity index (χ2n) is 7.52. The van der Waals surface area contributed by atoms with Crippen molar-refractivity contribution in [2.45, 2.75) is 38.5 Å². The Balaban J connectivity index is 1.51. The van der Waals surface area contributed by atoms with E-state index in [2.05, 4.69) is 0 Å². The molecule has 7 heteroatoms. The zero-order valence-corrected chi connectivity index (χ0v) is 16.1. The molecule has 2 amide bonds. The van der Waals surface area contributed by atoms with Crippen molar-refractivity contribution in [2.24, 2.45) is 5.92 Å². The van der Waals surface area contributed by atoms with Crippen LogP contribution in [0.4, 0.5) is 5.69 Å². The molecular formula is C21H27N3O4. The molecule has 0 N–H and O–H groups in total. The summed E-state index contributed by atoms with van der Waals surface area (Å²) in [5, 5.41) is 10.8. The van der Waals surface area contributed by atoms with E-state index in [0.717, 1.165) is 25.9 Å². The Hall–Kier alpha value is -2.70. The van der Waals surface area contributed by atoms with Crippen molar-refractivity contribution in [2.75, 3.05) is 26.2 Å². The van der Waals surface area contributed by atoms with Gasteiger partial charge in [0.2, 0.25) is 11.8 Å². The minimum Gasteiger partial charge on any atom is -0.342 e. The molecule has 3 rings (SSSR count). The third-order valence-corrected chi connectivity index (χ3v) is 5.57. The van der Waals surface area contributed by atoms with E-state index in [-0.39, 0.29) is 23.4 Å². The van der Waals surface area contributed by atoms with Crippen LogP contribution >= 0.6 is 0 Å². The standard InChI is InChI=1S/C21H27N3O4/c25-20(9-8-17-6-5-7-19(16-17)24(27)28)22-14-10-18(11-15-22)21(26)23-12-3-1-2-4-13-23/h5-9,16,18H,1-4,10-15H2/b9-8+. The van der Waals surface area contributed by atoms with Crippen LogP contribution in [0.25, 0.3) is 6.08 Å². The topological polar surface area (TPSA) is 83.8 Å². The van der Waals surface area contributed by atoms with Gasteiger partial charge in [-0.3, -0.25) is 19.7 Å². The van der Waals surface area contributed by atoms with Crippen LogP contribution in [0.5, 0.6) is 0 Å². The van der Waals surface area contributed by atoms with Gasteiger partial charge in [-0.1, -0.05) is 25.0 Å². The highest BCUT2D eigenvalue weighted by molar-refractivity contribution is 5.92. The Morgan fingerprint density at radius 1 is 1.00 bits per heavy atom. The van der Waals surface area contributed by atoms with E-state index in [9.17, 15) is 19.7 Å². The summed E-state index contributed by atoms with van der Waals surface area (Å²) in [4.78, 5) is 39.3. The van der Waals surface area contributed by atoms with Gasteiger partial charge >= 0.3 is 0 Å². The number of hydrogen-bond donors (Lipinski definition) is 0. The Kier molecular flexibility index (Phi) is 6.79. The molecule has 150 valence electrons. The predicted molar refractivity (Wildman–Crippen MR) is 106 cm³/mol. The van der Waals surface area contributed by atoms with E-state index in [1.807, 2.05) is 4.90 Å². The number of carbonyl (C=O) groups excluding carboxylic acids is 2. The van der Waals surface area contributed by atoms with Gasteiger partial charge in [0.25, 0.3) is 5.69 Å². The van der Waals surface area contributed by atoms with Crippen LogP contribution in [-0.4, -0.2) is 52.7 Å². The third kappa shape index (κ3) is 5.18. The summed E-state index contributed by atoms with van der Waals surface area (Å²) in [6, 6.07) is 6.19. The van der Waals surface area contributed by atoms with Crippen molar-refractivity contribution >= 4 is 23.6 Å². The number of amides is 2. The Morgan fingerprint density at radius 2 is 1.68 bits per heavy atom. The molecule has 2 aliphatic heterocycles. The lowest BCUT2D eigenvalue weighted by atomic mass is 9.95. The molecule has 2 heterocycles. The lowest BCUT2D eigenvalue weighted by Gasteiger charge is -2.33. The minimum absolute atomic E-state index is 0.00226. The molecule has 28 heavy (non-hydrogen) atoms. The second-order valence-corrected chi connectivity index (χ2v) is 7.52. The van der Waals surface area contributed by atoms with Crippen LogP contribution in [-0.2, 0) is 9.59 Å². The van der Waals surface area contributed by atoms with Crippen LogP contribution in [0.2, 0.25) is 0 Å². The number of nitro benzene ring substituents is 1. The highest BCUT2D eigenvalue weighted by atomic mass is 16.6. The molecule has 2 fully saturated rings. The summed E-state index contributed by atoms with van der Waals surface area (Å²) in [5.41, 5.74) is 0.621. The van der Waals surface area contributed by atoms with E-state index in [0.29, 0.717) is 31.5 Å². The maximum atomic E-state index is 12.7. The number of nitro groups is 1. The fourth-order valence-electron chi connectivity index (χ4n) is 3.91. The molecule has 1 aromatic rings. The summed E-state index contributed by atoms with van der Waals surface area (Å²) in [6.45, 7) is 2.87. The van der Waals surface area contributed by atoms with Crippen LogP contribution in [0.3, 0.4) is 0 Å². The molecule has 2 saturated heterocycles. The summed E-state index contributed by atoms with van der Waals surface area (Å²) in [7, 11) is 0. The van der Waals surface area contributed by atoms with Crippen molar-refractivity contribution in [3.63, 3.8) is 0 Å². The number of carbonyl (C=O) groups is 2. The van der Waals surface area contributed by atoms with Crippen LogP contribution in [0.1, 0.15) is 44.1 Å². The highest BCUT2D eigenvalue weighted by Gasteiger charge is 2.29. The molecule has 0 spiro atoms. The smallest absolute Gasteiger partial charge is 0.270 e. The number of hydrogen-bond acceptors (Lipinski definition) is 4. The normalized spacial score (nSPS) is 18.9. The predicted octanol–water partition coefficient (Wildman–Crippen LogP) is 3.25. The zero-order valence-electron chi connectivity index (χ0n) is 16.1. The average molecular weight is 385 g/mol. The SMILES string of the molecule is O=C(/C=C/c1cccc([N+](=O)[O-])c1)N1CCC(C(=O)N2CCCCCC2)CC1. The maximum Gasteiger partial charge on any atom is 0.270 e. The van der Waals surface area contributed by atoms with Gasteiger partial charge in [0.05, 0.1) is 4.92 Å². The highest BCUT2D eigenvalue weighted by Crippen LogP contribution is 2.22. The molecule has 0 radical (unpaired) electrons.